The second-order valence-electron chi connectivity index (χ2n) is 9.11. The second-order valence-corrected chi connectivity index (χ2v) is 9.11. The first-order valence-corrected chi connectivity index (χ1v) is 12.5. The first-order valence-electron chi connectivity index (χ1n) is 12.5. The summed E-state index contributed by atoms with van der Waals surface area (Å²) < 4.78 is 5.43. The highest BCUT2D eigenvalue weighted by atomic mass is 16.5. The summed E-state index contributed by atoms with van der Waals surface area (Å²) in [4.78, 5) is 26.1. The van der Waals surface area contributed by atoms with Crippen LogP contribution in [0.15, 0.2) is 60.8 Å². The summed E-state index contributed by atoms with van der Waals surface area (Å²) >= 11 is 0. The molecule has 188 valence electrons. The van der Waals surface area contributed by atoms with Crippen LogP contribution in [0.2, 0.25) is 0 Å². The molecule has 0 radical (unpaired) electrons. The number of benzene rings is 2. The van der Waals surface area contributed by atoms with Crippen molar-refractivity contribution in [1.82, 2.24) is 14.9 Å². The molecule has 9 heteroatoms. The molecule has 0 saturated carbocycles. The van der Waals surface area contributed by atoms with Gasteiger partial charge in [-0.15, -0.1) is 0 Å². The number of aliphatic hydroxyl groups excluding tert-OH is 1. The van der Waals surface area contributed by atoms with Gasteiger partial charge in [-0.3, -0.25) is 4.79 Å². The number of hydrogen-bond acceptors (Lipinski definition) is 8. The molecule has 1 amide bonds. The Morgan fingerprint density at radius 1 is 1.00 bits per heavy atom. The summed E-state index contributed by atoms with van der Waals surface area (Å²) in [5.41, 5.74) is 4.60. The van der Waals surface area contributed by atoms with Gasteiger partial charge in [0.25, 0.3) is 0 Å². The summed E-state index contributed by atoms with van der Waals surface area (Å²) in [7, 11) is 0. The lowest BCUT2D eigenvalue weighted by molar-refractivity contribution is -0.119. The number of morpholine rings is 1. The molecule has 3 heterocycles. The lowest BCUT2D eigenvalue weighted by atomic mass is 10.1. The molecule has 3 N–H and O–H groups in total. The fourth-order valence-corrected chi connectivity index (χ4v) is 4.65. The van der Waals surface area contributed by atoms with Gasteiger partial charge in [-0.25, -0.2) is 9.97 Å². The van der Waals surface area contributed by atoms with Crippen molar-refractivity contribution in [1.29, 1.82) is 0 Å². The standard InChI is InChI=1S/C27H32N6O3/c34-16-13-32-12-10-21(19-32)26(35)29-22-3-1-20(2-4-22)25-9-11-28-27(31-25)30-23-5-7-24(8-6-23)33-14-17-36-18-15-33/h1-9,11,21,34H,10,12-19H2,(H,29,35)(H,28,30,31)/t21-/m1/s1. The average molecular weight is 489 g/mol. The Bertz CT molecular complexity index is 1150. The molecule has 9 nitrogen and oxygen atoms in total. The number of ether oxygens (including phenoxy) is 1. The van der Waals surface area contributed by atoms with E-state index in [2.05, 4.69) is 42.5 Å². The molecular weight excluding hydrogens is 456 g/mol. The molecule has 36 heavy (non-hydrogen) atoms. The lowest BCUT2D eigenvalue weighted by Gasteiger charge is -2.28. The van der Waals surface area contributed by atoms with Crippen LogP contribution in [-0.2, 0) is 9.53 Å². The normalized spacial score (nSPS) is 18.2. The predicted molar refractivity (Wildman–Crippen MR) is 140 cm³/mol. The topological polar surface area (TPSA) is 103 Å². The zero-order valence-electron chi connectivity index (χ0n) is 20.3. The van der Waals surface area contributed by atoms with Crippen molar-refractivity contribution >= 4 is 28.9 Å². The molecule has 2 saturated heterocycles. The predicted octanol–water partition coefficient (Wildman–Crippen LogP) is 2.98. The molecule has 2 aromatic carbocycles. The molecular formula is C27H32N6O3. The van der Waals surface area contributed by atoms with Crippen LogP contribution >= 0.6 is 0 Å². The molecule has 0 aliphatic carbocycles. The smallest absolute Gasteiger partial charge is 0.228 e. The Morgan fingerprint density at radius 3 is 2.50 bits per heavy atom. The monoisotopic (exact) mass is 488 g/mol. The van der Waals surface area contributed by atoms with E-state index in [1.807, 2.05) is 42.5 Å². The third-order valence-corrected chi connectivity index (χ3v) is 6.66. The third kappa shape index (κ3) is 5.99. The van der Waals surface area contributed by atoms with Crippen LogP contribution in [0.1, 0.15) is 6.42 Å². The summed E-state index contributed by atoms with van der Waals surface area (Å²) in [6.07, 6.45) is 2.55. The van der Waals surface area contributed by atoms with Gasteiger partial charge < -0.3 is 30.3 Å². The summed E-state index contributed by atoms with van der Waals surface area (Å²) in [6, 6.07) is 17.8. The van der Waals surface area contributed by atoms with Crippen molar-refractivity contribution in [2.75, 3.05) is 68.1 Å². The number of nitrogens with one attached hydrogen (secondary N) is 2. The number of carbonyl (C=O) groups excluding carboxylic acids is 1. The van der Waals surface area contributed by atoms with Crippen LogP contribution < -0.4 is 15.5 Å². The molecule has 3 aromatic rings. The minimum Gasteiger partial charge on any atom is -0.395 e. The Morgan fingerprint density at radius 2 is 1.75 bits per heavy atom. The Kier molecular flexibility index (Phi) is 7.70. The van der Waals surface area contributed by atoms with E-state index in [0.717, 1.165) is 61.9 Å². The summed E-state index contributed by atoms with van der Waals surface area (Å²) in [6.45, 7) is 5.62. The molecule has 5 rings (SSSR count). The van der Waals surface area contributed by atoms with Gasteiger partial charge in [0, 0.05) is 55.0 Å². The number of hydrogen-bond donors (Lipinski definition) is 3. The Hall–Kier alpha value is -3.53. The highest BCUT2D eigenvalue weighted by Crippen LogP contribution is 2.24. The lowest BCUT2D eigenvalue weighted by Crippen LogP contribution is -2.36. The minimum absolute atomic E-state index is 0.0244. The number of nitrogens with zero attached hydrogens (tertiary/aromatic N) is 4. The Labute approximate surface area is 211 Å². The van der Waals surface area contributed by atoms with Crippen LogP contribution in [0.3, 0.4) is 0 Å². The number of likely N-dealkylation sites (tertiary alicyclic amines) is 1. The first kappa shape index (κ1) is 24.2. The molecule has 0 bridgehead atoms. The van der Waals surface area contributed by atoms with Gasteiger partial charge in [0.1, 0.15) is 0 Å². The van der Waals surface area contributed by atoms with Gasteiger partial charge in [0.2, 0.25) is 11.9 Å². The SMILES string of the molecule is O=C(Nc1ccc(-c2ccnc(Nc3ccc(N4CCOCC4)cc3)n2)cc1)[C@@H]1CCN(CCO)C1. The highest BCUT2D eigenvalue weighted by molar-refractivity contribution is 5.93. The summed E-state index contributed by atoms with van der Waals surface area (Å²) in [5, 5.41) is 15.4. The van der Waals surface area contributed by atoms with E-state index in [1.165, 1.54) is 5.69 Å². The molecule has 2 aliphatic heterocycles. The molecule has 2 fully saturated rings. The van der Waals surface area contributed by atoms with Crippen molar-refractivity contribution in [2.45, 2.75) is 6.42 Å². The fraction of sp³-hybridized carbons (Fsp3) is 0.370. The van der Waals surface area contributed by atoms with E-state index in [0.29, 0.717) is 19.0 Å². The van der Waals surface area contributed by atoms with Gasteiger partial charge in [-0.2, -0.15) is 0 Å². The molecule has 2 aliphatic rings. The zero-order valence-corrected chi connectivity index (χ0v) is 20.3. The van der Waals surface area contributed by atoms with Crippen LogP contribution in [0.25, 0.3) is 11.3 Å². The first-order chi connectivity index (χ1) is 17.7. The van der Waals surface area contributed by atoms with Crippen molar-refractivity contribution in [2.24, 2.45) is 5.92 Å². The fourth-order valence-electron chi connectivity index (χ4n) is 4.65. The van der Waals surface area contributed by atoms with Crippen molar-refractivity contribution < 1.29 is 14.6 Å². The quantitative estimate of drug-likeness (QED) is 0.445. The van der Waals surface area contributed by atoms with Crippen LogP contribution in [0.5, 0.6) is 0 Å². The van der Waals surface area contributed by atoms with Gasteiger partial charge in [-0.05, 0) is 55.4 Å². The van der Waals surface area contributed by atoms with Crippen LogP contribution in [-0.4, -0.2) is 78.4 Å². The number of aliphatic hydroxyl groups is 1. The van der Waals surface area contributed by atoms with Crippen LogP contribution in [0.4, 0.5) is 23.0 Å². The highest BCUT2D eigenvalue weighted by Gasteiger charge is 2.27. The largest absolute Gasteiger partial charge is 0.395 e. The van der Waals surface area contributed by atoms with E-state index in [9.17, 15) is 4.79 Å². The minimum atomic E-state index is -0.0466. The molecule has 1 aromatic heterocycles. The molecule has 0 unspecified atom stereocenters. The number of anilines is 4. The van der Waals surface area contributed by atoms with Crippen molar-refractivity contribution in [3.05, 3.63) is 60.8 Å². The van der Waals surface area contributed by atoms with Gasteiger partial charge >= 0.3 is 0 Å². The van der Waals surface area contributed by atoms with Gasteiger partial charge in [-0.1, -0.05) is 12.1 Å². The number of aromatic nitrogens is 2. The number of amides is 1. The maximum absolute atomic E-state index is 12.6. The van der Waals surface area contributed by atoms with Crippen LogP contribution in [0, 0.1) is 5.92 Å². The van der Waals surface area contributed by atoms with E-state index < -0.39 is 0 Å². The number of β-amino-alcohol motifs (C(OH)–C–C–N with tert-alkyl or cyclic N) is 1. The Balaban J connectivity index is 1.19. The number of carbonyl (C=O) groups is 1. The third-order valence-electron chi connectivity index (χ3n) is 6.66. The van der Waals surface area contributed by atoms with Crippen molar-refractivity contribution in [3.63, 3.8) is 0 Å². The second kappa shape index (κ2) is 11.5. The van der Waals surface area contributed by atoms with E-state index in [4.69, 9.17) is 9.84 Å². The maximum Gasteiger partial charge on any atom is 0.228 e. The van der Waals surface area contributed by atoms with E-state index in [-0.39, 0.29) is 18.4 Å². The van der Waals surface area contributed by atoms with E-state index >= 15 is 0 Å². The van der Waals surface area contributed by atoms with E-state index in [1.54, 1.807) is 6.20 Å². The molecule has 0 spiro atoms. The van der Waals surface area contributed by atoms with Gasteiger partial charge in [0.15, 0.2) is 0 Å². The average Bonchev–Trinajstić information content (AvgIpc) is 3.39. The van der Waals surface area contributed by atoms with Crippen molar-refractivity contribution in [3.8, 4) is 11.3 Å². The number of rotatable bonds is 8. The van der Waals surface area contributed by atoms with Gasteiger partial charge in [0.05, 0.1) is 31.4 Å². The molecule has 1 atom stereocenters. The maximum atomic E-state index is 12.6. The zero-order chi connectivity index (χ0) is 24.7. The summed E-state index contributed by atoms with van der Waals surface area (Å²) in [5.74, 6) is 0.503.